The number of rotatable bonds is 3. The minimum atomic E-state index is -0.0799. The van der Waals surface area contributed by atoms with Gasteiger partial charge in [0.1, 0.15) is 5.76 Å². The van der Waals surface area contributed by atoms with Crippen LogP contribution in [0.5, 0.6) is 0 Å². The molecule has 0 fully saturated rings. The minimum Gasteiger partial charge on any atom is -0.361 e. The summed E-state index contributed by atoms with van der Waals surface area (Å²) in [6, 6.07) is 11.8. The molecule has 0 aliphatic rings. The van der Waals surface area contributed by atoms with Crippen LogP contribution in [0.25, 0.3) is 10.8 Å². The van der Waals surface area contributed by atoms with Crippen molar-refractivity contribution in [3.8, 4) is 0 Å². The zero-order valence-electron chi connectivity index (χ0n) is 12.3. The smallest absolute Gasteiger partial charge is 0.228 e. The molecule has 5 heteroatoms. The van der Waals surface area contributed by atoms with Gasteiger partial charge in [-0.05, 0) is 42.8 Å². The van der Waals surface area contributed by atoms with Gasteiger partial charge in [-0.15, -0.1) is 0 Å². The summed E-state index contributed by atoms with van der Waals surface area (Å²) >= 11 is 3.52. The standard InChI is InChI=1S/C17H15BrN2O2/c1-10-15(11(2)22-20-10)9-17(21)19-13-6-7-14-12(8-13)4-3-5-16(14)18/h3-8H,9H2,1-2H3,(H,19,21). The number of hydrogen-bond donors (Lipinski definition) is 1. The van der Waals surface area contributed by atoms with Gasteiger partial charge in [-0.25, -0.2) is 0 Å². The van der Waals surface area contributed by atoms with E-state index in [0.717, 1.165) is 32.2 Å². The predicted molar refractivity (Wildman–Crippen MR) is 90.0 cm³/mol. The van der Waals surface area contributed by atoms with Crippen LogP contribution in [0.2, 0.25) is 0 Å². The Morgan fingerprint density at radius 1 is 1.27 bits per heavy atom. The van der Waals surface area contributed by atoms with E-state index >= 15 is 0 Å². The number of hydrogen-bond acceptors (Lipinski definition) is 3. The lowest BCUT2D eigenvalue weighted by Gasteiger charge is -2.07. The lowest BCUT2D eigenvalue weighted by Crippen LogP contribution is -2.15. The van der Waals surface area contributed by atoms with E-state index in [4.69, 9.17) is 4.52 Å². The molecule has 0 spiro atoms. The summed E-state index contributed by atoms with van der Waals surface area (Å²) in [5.41, 5.74) is 2.39. The first-order valence-corrected chi connectivity index (χ1v) is 7.74. The first-order valence-electron chi connectivity index (χ1n) is 6.94. The van der Waals surface area contributed by atoms with Crippen LogP contribution in [0.4, 0.5) is 5.69 Å². The Balaban J connectivity index is 1.79. The fourth-order valence-electron chi connectivity index (χ4n) is 2.44. The first-order chi connectivity index (χ1) is 10.5. The van der Waals surface area contributed by atoms with Crippen LogP contribution in [0.3, 0.4) is 0 Å². The van der Waals surface area contributed by atoms with Gasteiger partial charge in [0.05, 0.1) is 12.1 Å². The molecule has 0 unspecified atom stereocenters. The molecular weight excluding hydrogens is 344 g/mol. The second-order valence-electron chi connectivity index (χ2n) is 5.20. The third-order valence-corrected chi connectivity index (χ3v) is 4.32. The molecule has 22 heavy (non-hydrogen) atoms. The van der Waals surface area contributed by atoms with Crippen LogP contribution < -0.4 is 5.32 Å². The van der Waals surface area contributed by atoms with Gasteiger partial charge in [0.15, 0.2) is 0 Å². The van der Waals surface area contributed by atoms with E-state index in [0.29, 0.717) is 5.76 Å². The number of aromatic nitrogens is 1. The Hall–Kier alpha value is -2.14. The lowest BCUT2D eigenvalue weighted by atomic mass is 10.1. The molecule has 1 aromatic heterocycles. The average molecular weight is 359 g/mol. The predicted octanol–water partition coefficient (Wildman–Crippen LogP) is 4.39. The highest BCUT2D eigenvalue weighted by Crippen LogP contribution is 2.26. The van der Waals surface area contributed by atoms with Crippen molar-refractivity contribution in [3.05, 3.63) is 57.9 Å². The fourth-order valence-corrected chi connectivity index (χ4v) is 2.96. The van der Waals surface area contributed by atoms with Gasteiger partial charge in [0, 0.05) is 15.7 Å². The topological polar surface area (TPSA) is 55.1 Å². The molecule has 0 radical (unpaired) electrons. The molecule has 0 aliphatic heterocycles. The number of halogens is 1. The van der Waals surface area contributed by atoms with E-state index in [2.05, 4.69) is 26.4 Å². The molecule has 0 atom stereocenters. The molecule has 0 saturated heterocycles. The second kappa shape index (κ2) is 5.93. The van der Waals surface area contributed by atoms with Crippen LogP contribution in [0.15, 0.2) is 45.4 Å². The molecule has 0 saturated carbocycles. The van der Waals surface area contributed by atoms with Crippen molar-refractivity contribution in [1.29, 1.82) is 0 Å². The highest BCUT2D eigenvalue weighted by Gasteiger charge is 2.13. The van der Waals surface area contributed by atoms with Gasteiger partial charge in [0.2, 0.25) is 5.91 Å². The Labute approximate surface area is 136 Å². The van der Waals surface area contributed by atoms with Crippen LogP contribution in [-0.4, -0.2) is 11.1 Å². The molecule has 2 aromatic carbocycles. The number of benzene rings is 2. The summed E-state index contributed by atoms with van der Waals surface area (Å²) in [5.74, 6) is 0.610. The van der Waals surface area contributed by atoms with Crippen LogP contribution in [-0.2, 0) is 11.2 Å². The van der Waals surface area contributed by atoms with Crippen molar-refractivity contribution < 1.29 is 9.32 Å². The molecule has 4 nitrogen and oxygen atoms in total. The summed E-state index contributed by atoms with van der Waals surface area (Å²) in [6.45, 7) is 3.66. The quantitative estimate of drug-likeness (QED) is 0.755. The van der Waals surface area contributed by atoms with E-state index in [1.807, 2.05) is 50.2 Å². The van der Waals surface area contributed by atoms with Crippen molar-refractivity contribution in [3.63, 3.8) is 0 Å². The number of carbonyl (C=O) groups excluding carboxylic acids is 1. The number of nitrogens with one attached hydrogen (secondary N) is 1. The number of nitrogens with zero attached hydrogens (tertiary/aromatic N) is 1. The van der Waals surface area contributed by atoms with Gasteiger partial charge < -0.3 is 9.84 Å². The van der Waals surface area contributed by atoms with Gasteiger partial charge in [-0.3, -0.25) is 4.79 Å². The normalized spacial score (nSPS) is 10.9. The summed E-state index contributed by atoms with van der Waals surface area (Å²) in [6.07, 6.45) is 0.262. The molecular formula is C17H15BrN2O2. The van der Waals surface area contributed by atoms with Crippen molar-refractivity contribution in [2.24, 2.45) is 0 Å². The number of amides is 1. The maximum Gasteiger partial charge on any atom is 0.228 e. The first kappa shape index (κ1) is 14.8. The molecule has 112 valence electrons. The van der Waals surface area contributed by atoms with Crippen LogP contribution in [0, 0.1) is 13.8 Å². The van der Waals surface area contributed by atoms with Gasteiger partial charge >= 0.3 is 0 Å². The summed E-state index contributed by atoms with van der Waals surface area (Å²) in [4.78, 5) is 12.2. The van der Waals surface area contributed by atoms with Crippen molar-refractivity contribution in [1.82, 2.24) is 5.16 Å². The third kappa shape index (κ3) is 2.90. The molecule has 0 bridgehead atoms. The molecule has 1 heterocycles. The van der Waals surface area contributed by atoms with E-state index in [1.165, 1.54) is 0 Å². The van der Waals surface area contributed by atoms with E-state index in [-0.39, 0.29) is 12.3 Å². The van der Waals surface area contributed by atoms with Crippen molar-refractivity contribution >= 4 is 38.3 Å². The summed E-state index contributed by atoms with van der Waals surface area (Å²) in [7, 11) is 0. The van der Waals surface area contributed by atoms with Crippen molar-refractivity contribution in [2.75, 3.05) is 5.32 Å². The molecule has 1 amide bonds. The molecule has 1 N–H and O–H groups in total. The monoisotopic (exact) mass is 358 g/mol. The summed E-state index contributed by atoms with van der Waals surface area (Å²) in [5, 5.41) is 8.98. The average Bonchev–Trinajstić information content (AvgIpc) is 2.79. The van der Waals surface area contributed by atoms with Gasteiger partial charge in [-0.1, -0.05) is 39.3 Å². The van der Waals surface area contributed by atoms with Crippen molar-refractivity contribution in [2.45, 2.75) is 20.3 Å². The summed E-state index contributed by atoms with van der Waals surface area (Å²) < 4.78 is 6.12. The van der Waals surface area contributed by atoms with E-state index in [1.54, 1.807) is 0 Å². The van der Waals surface area contributed by atoms with Gasteiger partial charge in [0.25, 0.3) is 0 Å². The Kier molecular flexibility index (Phi) is 3.98. The molecule has 3 aromatic rings. The minimum absolute atomic E-state index is 0.0799. The molecule has 0 aliphatic carbocycles. The second-order valence-corrected chi connectivity index (χ2v) is 6.06. The highest BCUT2D eigenvalue weighted by molar-refractivity contribution is 9.10. The maximum absolute atomic E-state index is 12.2. The number of carbonyl (C=O) groups is 1. The highest BCUT2D eigenvalue weighted by atomic mass is 79.9. The number of fused-ring (bicyclic) bond motifs is 1. The van der Waals surface area contributed by atoms with Crippen LogP contribution in [0.1, 0.15) is 17.0 Å². The third-order valence-electron chi connectivity index (χ3n) is 3.63. The zero-order chi connectivity index (χ0) is 15.7. The van der Waals surface area contributed by atoms with Crippen LogP contribution >= 0.6 is 15.9 Å². The van der Waals surface area contributed by atoms with Gasteiger partial charge in [-0.2, -0.15) is 0 Å². The van der Waals surface area contributed by atoms with E-state index < -0.39 is 0 Å². The SMILES string of the molecule is Cc1noc(C)c1CC(=O)Nc1ccc2c(Br)cccc2c1. The number of anilines is 1. The molecule has 3 rings (SSSR count). The lowest BCUT2D eigenvalue weighted by molar-refractivity contribution is -0.115. The largest absolute Gasteiger partial charge is 0.361 e. The Morgan fingerprint density at radius 3 is 2.82 bits per heavy atom. The van der Waals surface area contributed by atoms with E-state index in [9.17, 15) is 4.79 Å². The number of aryl methyl sites for hydroxylation is 2. The fraction of sp³-hybridized carbons (Fsp3) is 0.176. The Morgan fingerprint density at radius 2 is 2.09 bits per heavy atom. The maximum atomic E-state index is 12.2. The Bertz CT molecular complexity index is 835. The zero-order valence-corrected chi connectivity index (χ0v) is 13.9.